The van der Waals surface area contributed by atoms with Gasteiger partial charge in [0.2, 0.25) is 0 Å². The van der Waals surface area contributed by atoms with Crippen LogP contribution >= 0.6 is 0 Å². The summed E-state index contributed by atoms with van der Waals surface area (Å²) in [5, 5.41) is 2.05. The predicted octanol–water partition coefficient (Wildman–Crippen LogP) is 7.50. The van der Waals surface area contributed by atoms with E-state index in [1.165, 1.54) is 50.5 Å². The molecule has 29 heavy (non-hydrogen) atoms. The van der Waals surface area contributed by atoms with Crippen molar-refractivity contribution in [2.75, 3.05) is 0 Å². The number of hydrogen-bond acceptors (Lipinski definition) is 2. The third-order valence-electron chi connectivity index (χ3n) is 6.73. The molecule has 1 aliphatic carbocycles. The fourth-order valence-corrected chi connectivity index (χ4v) is 5.02. The topological polar surface area (TPSA) is 30.2 Å². The van der Waals surface area contributed by atoms with Crippen molar-refractivity contribution < 1.29 is 8.81 Å². The average molecular weight is 395 g/mol. The average Bonchev–Trinajstić information content (AvgIpc) is 2.75. The molecule has 0 radical (unpaired) electrons. The molecule has 3 aromatic rings. The number of benzene rings is 2. The van der Waals surface area contributed by atoms with Gasteiger partial charge in [-0.15, -0.1) is 0 Å². The van der Waals surface area contributed by atoms with Crippen molar-refractivity contribution in [3.63, 3.8) is 0 Å². The molecule has 1 fully saturated rings. The zero-order valence-electron chi connectivity index (χ0n) is 17.6. The van der Waals surface area contributed by atoms with Gasteiger partial charge in [-0.25, -0.2) is 9.18 Å². The summed E-state index contributed by atoms with van der Waals surface area (Å²) in [6, 6.07) is 9.84. The highest BCUT2D eigenvalue weighted by Gasteiger charge is 2.23. The second-order valence-corrected chi connectivity index (χ2v) is 8.72. The van der Waals surface area contributed by atoms with E-state index < -0.39 is 11.4 Å². The normalized spacial score (nSPS) is 19.8. The van der Waals surface area contributed by atoms with Crippen molar-refractivity contribution in [3.05, 3.63) is 57.7 Å². The molecule has 0 unspecified atom stereocenters. The molecule has 1 saturated carbocycles. The highest BCUT2D eigenvalue weighted by atomic mass is 19.1. The number of hydrogen-bond donors (Lipinski definition) is 0. The van der Waals surface area contributed by atoms with Crippen LogP contribution in [0.1, 0.15) is 82.3 Å². The second-order valence-electron chi connectivity index (χ2n) is 8.72. The van der Waals surface area contributed by atoms with Crippen molar-refractivity contribution >= 4 is 21.7 Å². The van der Waals surface area contributed by atoms with E-state index in [1.54, 1.807) is 0 Å². The lowest BCUT2D eigenvalue weighted by Crippen LogP contribution is -2.13. The molecule has 2 nitrogen and oxygen atoms in total. The Morgan fingerprint density at radius 2 is 1.72 bits per heavy atom. The molecule has 0 N–H and O–H groups in total. The maximum absolute atomic E-state index is 14.8. The van der Waals surface area contributed by atoms with Crippen LogP contribution in [0.2, 0.25) is 0 Å². The molecular weight excluding hydrogens is 363 g/mol. The molecule has 1 aromatic heterocycles. The van der Waals surface area contributed by atoms with E-state index >= 15 is 0 Å². The summed E-state index contributed by atoms with van der Waals surface area (Å²) in [5.41, 5.74) is 1.50. The molecule has 0 spiro atoms. The van der Waals surface area contributed by atoms with Gasteiger partial charge in [0.15, 0.2) is 11.4 Å². The minimum absolute atomic E-state index is 0.0950. The lowest BCUT2D eigenvalue weighted by Gasteiger charge is -2.29. The van der Waals surface area contributed by atoms with Gasteiger partial charge in [0.25, 0.3) is 0 Å². The SMILES string of the molecule is CCCCC1CCC(c2ccc3c(c2)c(=O)oc2c(F)c(CCC)ccc23)CC1. The summed E-state index contributed by atoms with van der Waals surface area (Å²) in [6.07, 6.45) is 10.4. The highest BCUT2D eigenvalue weighted by molar-refractivity contribution is 6.04. The first kappa shape index (κ1) is 20.1. The molecule has 0 amide bonds. The maximum atomic E-state index is 14.8. The quantitative estimate of drug-likeness (QED) is 0.320. The van der Waals surface area contributed by atoms with E-state index in [1.807, 2.05) is 31.2 Å². The van der Waals surface area contributed by atoms with Crippen molar-refractivity contribution in [1.82, 2.24) is 0 Å². The van der Waals surface area contributed by atoms with Gasteiger partial charge in [0.05, 0.1) is 5.39 Å². The molecule has 1 heterocycles. The van der Waals surface area contributed by atoms with E-state index in [9.17, 15) is 9.18 Å². The number of fused-ring (bicyclic) bond motifs is 3. The number of halogens is 1. The molecule has 1 aliphatic rings. The van der Waals surface area contributed by atoms with E-state index in [-0.39, 0.29) is 5.58 Å². The van der Waals surface area contributed by atoms with Crippen molar-refractivity contribution in [3.8, 4) is 0 Å². The number of rotatable bonds is 6. The fraction of sp³-hybridized carbons (Fsp3) is 0.500. The number of aryl methyl sites for hydroxylation is 1. The predicted molar refractivity (Wildman–Crippen MR) is 118 cm³/mol. The van der Waals surface area contributed by atoms with E-state index in [0.717, 1.165) is 17.7 Å². The minimum atomic E-state index is -0.432. The molecular formula is C26H31FO2. The first-order valence-electron chi connectivity index (χ1n) is 11.3. The van der Waals surface area contributed by atoms with Gasteiger partial charge in [-0.2, -0.15) is 0 Å². The molecule has 3 heteroatoms. The van der Waals surface area contributed by atoms with Gasteiger partial charge in [0.1, 0.15) is 0 Å². The summed E-state index contributed by atoms with van der Waals surface area (Å²) < 4.78 is 20.3. The lowest BCUT2D eigenvalue weighted by molar-refractivity contribution is 0.304. The minimum Gasteiger partial charge on any atom is -0.419 e. The molecule has 2 aromatic carbocycles. The Hall–Kier alpha value is -2.16. The number of unbranched alkanes of at least 4 members (excludes halogenated alkanes) is 1. The zero-order chi connectivity index (χ0) is 20.4. The van der Waals surface area contributed by atoms with E-state index in [0.29, 0.717) is 28.7 Å². The van der Waals surface area contributed by atoms with Crippen molar-refractivity contribution in [2.45, 2.75) is 77.6 Å². The highest BCUT2D eigenvalue weighted by Crippen LogP contribution is 2.39. The molecule has 0 saturated heterocycles. The van der Waals surface area contributed by atoms with Crippen LogP contribution in [-0.2, 0) is 6.42 Å². The summed E-state index contributed by atoms with van der Waals surface area (Å²) >= 11 is 0. The maximum Gasteiger partial charge on any atom is 0.344 e. The fourth-order valence-electron chi connectivity index (χ4n) is 5.02. The van der Waals surface area contributed by atoms with E-state index in [4.69, 9.17) is 4.42 Å². The Morgan fingerprint density at radius 1 is 0.966 bits per heavy atom. The lowest BCUT2D eigenvalue weighted by atomic mass is 9.77. The van der Waals surface area contributed by atoms with Crippen molar-refractivity contribution in [2.24, 2.45) is 5.92 Å². The summed E-state index contributed by atoms with van der Waals surface area (Å²) in [7, 11) is 0. The van der Waals surface area contributed by atoms with Crippen LogP contribution in [0, 0.1) is 11.7 Å². The molecule has 4 rings (SSSR count). The largest absolute Gasteiger partial charge is 0.419 e. The van der Waals surface area contributed by atoms with Crippen LogP contribution in [-0.4, -0.2) is 0 Å². The van der Waals surface area contributed by atoms with Gasteiger partial charge >= 0.3 is 5.63 Å². The van der Waals surface area contributed by atoms with Gasteiger partial charge in [-0.05, 0) is 61.1 Å². The van der Waals surface area contributed by atoms with Crippen LogP contribution in [0.3, 0.4) is 0 Å². The summed E-state index contributed by atoms with van der Waals surface area (Å²) in [5.74, 6) is 0.981. The second kappa shape index (κ2) is 8.69. The molecule has 154 valence electrons. The first-order valence-corrected chi connectivity index (χ1v) is 11.3. The van der Waals surface area contributed by atoms with Gasteiger partial charge < -0.3 is 4.42 Å². The third-order valence-corrected chi connectivity index (χ3v) is 6.73. The smallest absolute Gasteiger partial charge is 0.344 e. The van der Waals surface area contributed by atoms with Gasteiger partial charge in [-0.1, -0.05) is 63.8 Å². The monoisotopic (exact) mass is 394 g/mol. The van der Waals surface area contributed by atoms with E-state index in [2.05, 4.69) is 13.0 Å². The Kier molecular flexibility index (Phi) is 6.03. The van der Waals surface area contributed by atoms with Gasteiger partial charge in [-0.3, -0.25) is 0 Å². The Labute approximate surface area is 172 Å². The first-order chi connectivity index (χ1) is 14.1. The molecule has 0 aliphatic heterocycles. The molecule has 0 bridgehead atoms. The Morgan fingerprint density at radius 3 is 2.45 bits per heavy atom. The van der Waals surface area contributed by atoms with Crippen LogP contribution in [0.25, 0.3) is 21.7 Å². The summed E-state index contributed by atoms with van der Waals surface area (Å²) in [6.45, 7) is 4.27. The Bertz CT molecular complexity index is 1060. The third kappa shape index (κ3) is 3.97. The summed E-state index contributed by atoms with van der Waals surface area (Å²) in [4.78, 5) is 12.7. The standard InChI is InChI=1S/C26H31FO2/c1-3-5-7-17-8-10-18(11-9-17)20-13-14-21-22-15-12-19(6-4-2)24(27)25(22)29-26(28)23(21)16-20/h12-18H,3-11H2,1-2H3. The van der Waals surface area contributed by atoms with Crippen LogP contribution in [0.15, 0.2) is 39.5 Å². The Balaban J connectivity index is 1.67. The van der Waals surface area contributed by atoms with Crippen LogP contribution in [0.5, 0.6) is 0 Å². The van der Waals surface area contributed by atoms with Crippen LogP contribution in [0.4, 0.5) is 4.39 Å². The van der Waals surface area contributed by atoms with Crippen molar-refractivity contribution in [1.29, 1.82) is 0 Å². The molecule has 0 atom stereocenters. The van der Waals surface area contributed by atoms with Crippen LogP contribution < -0.4 is 5.63 Å². The van der Waals surface area contributed by atoms with Gasteiger partial charge in [0, 0.05) is 10.8 Å². The zero-order valence-corrected chi connectivity index (χ0v) is 17.6.